The van der Waals surface area contributed by atoms with Gasteiger partial charge in [0.05, 0.1) is 11.3 Å². The lowest BCUT2D eigenvalue weighted by atomic mass is 10.2. The number of nitrogens with zero attached hydrogens (tertiary/aromatic N) is 1. The normalized spacial score (nSPS) is 11.3. The Morgan fingerprint density at radius 1 is 1.24 bits per heavy atom. The smallest absolute Gasteiger partial charge is 0.338 e. The van der Waals surface area contributed by atoms with E-state index in [1.165, 1.54) is 12.1 Å². The first kappa shape index (κ1) is 14.9. The average Bonchev–Trinajstić information content (AvgIpc) is 2.70. The number of hydrogen-bond acceptors (Lipinski definition) is 3. The molecule has 0 spiro atoms. The van der Waals surface area contributed by atoms with Crippen molar-refractivity contribution in [3.63, 3.8) is 0 Å². The Balaban J connectivity index is 2.08. The van der Waals surface area contributed by atoms with Crippen LogP contribution in [-0.4, -0.2) is 11.2 Å². The largest absolute Gasteiger partial charge is 0.416 e. The summed E-state index contributed by atoms with van der Waals surface area (Å²) in [5.74, 6) is 0.150. The zero-order valence-corrected chi connectivity index (χ0v) is 11.2. The number of anilines is 2. The third kappa shape index (κ3) is 3.53. The van der Waals surface area contributed by atoms with Crippen molar-refractivity contribution in [2.45, 2.75) is 20.0 Å². The molecule has 2 rings (SSSR count). The van der Waals surface area contributed by atoms with E-state index in [2.05, 4.69) is 15.8 Å². The summed E-state index contributed by atoms with van der Waals surface area (Å²) in [4.78, 5) is 11.7. The highest BCUT2D eigenvalue weighted by molar-refractivity contribution is 5.99. The predicted octanol–water partition coefficient (Wildman–Crippen LogP) is 3.95. The molecular weight excluding hydrogens is 287 g/mol. The molecule has 21 heavy (non-hydrogen) atoms. The van der Waals surface area contributed by atoms with E-state index in [-0.39, 0.29) is 11.6 Å². The van der Waals surface area contributed by atoms with E-state index in [0.717, 1.165) is 12.1 Å². The molecule has 0 bridgehead atoms. The summed E-state index contributed by atoms with van der Waals surface area (Å²) in [5, 5.41) is 8.34. The Labute approximate surface area is 118 Å². The Hall–Kier alpha value is -2.51. The molecule has 112 valence electrons. The highest BCUT2D eigenvalue weighted by Crippen LogP contribution is 2.30. The number of halogens is 3. The van der Waals surface area contributed by atoms with Crippen LogP contribution >= 0.6 is 0 Å². The minimum absolute atomic E-state index is 0.0243. The molecule has 2 N–H and O–H groups in total. The standard InChI is InChI=1S/C13H12F3N3O2/c1-7-8(2)19-21-11(7)18-12(20)17-10-5-3-4-9(6-10)13(14,15)16/h3-6H,1-2H3,(H2,17,18,20). The zero-order valence-electron chi connectivity index (χ0n) is 11.2. The molecule has 1 aromatic carbocycles. The van der Waals surface area contributed by atoms with E-state index < -0.39 is 17.8 Å². The number of aromatic nitrogens is 1. The number of aryl methyl sites for hydroxylation is 1. The Kier molecular flexibility index (Phi) is 3.88. The number of carbonyl (C=O) groups is 1. The second kappa shape index (κ2) is 5.47. The van der Waals surface area contributed by atoms with Crippen LogP contribution in [0.5, 0.6) is 0 Å². The van der Waals surface area contributed by atoms with Crippen molar-refractivity contribution in [3.8, 4) is 0 Å². The van der Waals surface area contributed by atoms with Crippen LogP contribution in [0.15, 0.2) is 28.8 Å². The summed E-state index contributed by atoms with van der Waals surface area (Å²) in [5.41, 5.74) is 0.446. The quantitative estimate of drug-likeness (QED) is 0.882. The summed E-state index contributed by atoms with van der Waals surface area (Å²) >= 11 is 0. The van der Waals surface area contributed by atoms with Crippen LogP contribution in [0.2, 0.25) is 0 Å². The first-order valence-corrected chi connectivity index (χ1v) is 5.95. The van der Waals surface area contributed by atoms with Gasteiger partial charge in [0.2, 0.25) is 5.88 Å². The lowest BCUT2D eigenvalue weighted by Crippen LogP contribution is -2.20. The van der Waals surface area contributed by atoms with Crippen LogP contribution in [0.25, 0.3) is 0 Å². The van der Waals surface area contributed by atoms with Gasteiger partial charge in [-0.1, -0.05) is 11.2 Å². The molecule has 1 heterocycles. The summed E-state index contributed by atoms with van der Waals surface area (Å²) in [6.07, 6.45) is -4.47. The number of carbonyl (C=O) groups excluding carboxylic acids is 1. The van der Waals surface area contributed by atoms with E-state index >= 15 is 0 Å². The summed E-state index contributed by atoms with van der Waals surface area (Å²) < 4.78 is 42.5. The number of urea groups is 1. The molecule has 0 aliphatic heterocycles. The fourth-order valence-corrected chi connectivity index (χ4v) is 1.57. The average molecular weight is 299 g/mol. The molecule has 0 saturated heterocycles. The van der Waals surface area contributed by atoms with E-state index in [9.17, 15) is 18.0 Å². The molecule has 5 nitrogen and oxygen atoms in total. The van der Waals surface area contributed by atoms with Gasteiger partial charge in [-0.25, -0.2) is 4.79 Å². The first-order chi connectivity index (χ1) is 9.77. The van der Waals surface area contributed by atoms with Gasteiger partial charge in [0.1, 0.15) is 0 Å². The van der Waals surface area contributed by atoms with Gasteiger partial charge in [-0.15, -0.1) is 0 Å². The SMILES string of the molecule is Cc1noc(NC(=O)Nc2cccc(C(F)(F)F)c2)c1C. The second-order valence-electron chi connectivity index (χ2n) is 4.38. The van der Waals surface area contributed by atoms with Gasteiger partial charge >= 0.3 is 12.2 Å². The third-order valence-electron chi connectivity index (χ3n) is 2.83. The minimum atomic E-state index is -4.47. The van der Waals surface area contributed by atoms with Crippen molar-refractivity contribution in [1.29, 1.82) is 0 Å². The molecule has 0 aliphatic rings. The number of nitrogens with one attached hydrogen (secondary N) is 2. The highest BCUT2D eigenvalue weighted by atomic mass is 19.4. The molecule has 1 aromatic heterocycles. The maximum Gasteiger partial charge on any atom is 0.416 e. The monoisotopic (exact) mass is 299 g/mol. The molecule has 0 fully saturated rings. The zero-order chi connectivity index (χ0) is 15.6. The van der Waals surface area contributed by atoms with Gasteiger partial charge in [0.25, 0.3) is 0 Å². The predicted molar refractivity (Wildman–Crippen MR) is 70.1 cm³/mol. The van der Waals surface area contributed by atoms with Crippen molar-refractivity contribution in [2.75, 3.05) is 10.6 Å². The van der Waals surface area contributed by atoms with Gasteiger partial charge in [-0.2, -0.15) is 13.2 Å². The van der Waals surface area contributed by atoms with Crippen molar-refractivity contribution < 1.29 is 22.5 Å². The van der Waals surface area contributed by atoms with Crippen LogP contribution in [0.3, 0.4) is 0 Å². The van der Waals surface area contributed by atoms with E-state index in [0.29, 0.717) is 11.3 Å². The molecule has 0 unspecified atom stereocenters. The van der Waals surface area contributed by atoms with Crippen LogP contribution in [-0.2, 0) is 6.18 Å². The molecule has 0 radical (unpaired) electrons. The molecule has 0 saturated carbocycles. The van der Waals surface area contributed by atoms with Crippen molar-refractivity contribution in [3.05, 3.63) is 41.1 Å². The number of benzene rings is 1. The van der Waals surface area contributed by atoms with Crippen LogP contribution in [0.4, 0.5) is 29.5 Å². The van der Waals surface area contributed by atoms with Gasteiger partial charge < -0.3 is 9.84 Å². The summed E-state index contributed by atoms with van der Waals surface area (Å²) in [6.45, 7) is 3.40. The van der Waals surface area contributed by atoms with Gasteiger partial charge in [0, 0.05) is 11.3 Å². The van der Waals surface area contributed by atoms with E-state index in [4.69, 9.17) is 4.52 Å². The molecule has 0 aliphatic carbocycles. The number of rotatable bonds is 2. The number of amides is 2. The van der Waals surface area contributed by atoms with E-state index in [1.54, 1.807) is 13.8 Å². The van der Waals surface area contributed by atoms with E-state index in [1.807, 2.05) is 0 Å². The molecule has 2 amide bonds. The molecule has 2 aromatic rings. The topological polar surface area (TPSA) is 67.2 Å². The third-order valence-corrected chi connectivity index (χ3v) is 2.83. The fourth-order valence-electron chi connectivity index (χ4n) is 1.57. The van der Waals surface area contributed by atoms with Crippen molar-refractivity contribution in [1.82, 2.24) is 5.16 Å². The van der Waals surface area contributed by atoms with Crippen LogP contribution in [0, 0.1) is 13.8 Å². The molecule has 0 atom stereocenters. The summed E-state index contributed by atoms with van der Waals surface area (Å²) in [6, 6.07) is 3.62. The molecular formula is C13H12F3N3O2. The van der Waals surface area contributed by atoms with Gasteiger partial charge in [0.15, 0.2) is 0 Å². The number of alkyl halides is 3. The fraction of sp³-hybridized carbons (Fsp3) is 0.231. The van der Waals surface area contributed by atoms with Gasteiger partial charge in [-0.3, -0.25) is 5.32 Å². The minimum Gasteiger partial charge on any atom is -0.338 e. The Morgan fingerprint density at radius 3 is 2.52 bits per heavy atom. The van der Waals surface area contributed by atoms with Gasteiger partial charge in [-0.05, 0) is 32.0 Å². The van der Waals surface area contributed by atoms with Crippen LogP contribution < -0.4 is 10.6 Å². The maximum absolute atomic E-state index is 12.6. The Morgan fingerprint density at radius 2 is 1.95 bits per heavy atom. The summed E-state index contributed by atoms with van der Waals surface area (Å²) in [7, 11) is 0. The second-order valence-corrected chi connectivity index (χ2v) is 4.38. The first-order valence-electron chi connectivity index (χ1n) is 5.95. The molecule has 8 heteroatoms. The lowest BCUT2D eigenvalue weighted by molar-refractivity contribution is -0.137. The van der Waals surface area contributed by atoms with Crippen molar-refractivity contribution in [2.24, 2.45) is 0 Å². The Bertz CT molecular complexity index is 665. The van der Waals surface area contributed by atoms with Crippen molar-refractivity contribution >= 4 is 17.6 Å². The lowest BCUT2D eigenvalue weighted by Gasteiger charge is -2.10. The van der Waals surface area contributed by atoms with Crippen LogP contribution in [0.1, 0.15) is 16.8 Å². The highest BCUT2D eigenvalue weighted by Gasteiger charge is 2.30. The number of hydrogen-bond donors (Lipinski definition) is 2. The maximum atomic E-state index is 12.6.